The number of carbonyl (C=O) groups is 2. The van der Waals surface area contributed by atoms with Crippen molar-refractivity contribution in [2.75, 3.05) is 0 Å². The van der Waals surface area contributed by atoms with Crippen LogP contribution in [0.25, 0.3) is 11.0 Å². The Hall–Kier alpha value is -2.35. The lowest BCUT2D eigenvalue weighted by atomic mass is 10.1. The molecule has 0 spiro atoms. The van der Waals surface area contributed by atoms with Crippen molar-refractivity contribution in [3.8, 4) is 0 Å². The van der Waals surface area contributed by atoms with E-state index < -0.39 is 23.7 Å². The SMILES string of the molecule is CC(C)(C)OC(=O)N[C@H](Cc1c[nH]c2ncnc(Cl)c12)C(=O)O. The fourth-order valence-corrected chi connectivity index (χ4v) is 2.27. The van der Waals surface area contributed by atoms with Crippen molar-refractivity contribution in [1.29, 1.82) is 0 Å². The Labute approximate surface area is 137 Å². The number of nitrogens with zero attached hydrogens (tertiary/aromatic N) is 2. The quantitative estimate of drug-likeness (QED) is 0.734. The third kappa shape index (κ3) is 4.32. The van der Waals surface area contributed by atoms with Crippen molar-refractivity contribution in [1.82, 2.24) is 20.3 Å². The molecule has 124 valence electrons. The summed E-state index contributed by atoms with van der Waals surface area (Å²) in [7, 11) is 0. The van der Waals surface area contributed by atoms with Crippen LogP contribution in [0.4, 0.5) is 4.79 Å². The summed E-state index contributed by atoms with van der Waals surface area (Å²) in [5.41, 5.74) is 0.376. The molecule has 1 amide bonds. The van der Waals surface area contributed by atoms with Crippen LogP contribution < -0.4 is 5.32 Å². The molecule has 0 aliphatic rings. The number of carboxylic acid groups (broad SMARTS) is 1. The van der Waals surface area contributed by atoms with E-state index in [1.165, 1.54) is 6.33 Å². The van der Waals surface area contributed by atoms with Crippen LogP contribution in [0.3, 0.4) is 0 Å². The molecule has 0 aliphatic carbocycles. The fourth-order valence-electron chi connectivity index (χ4n) is 2.02. The Morgan fingerprint density at radius 1 is 1.43 bits per heavy atom. The number of alkyl carbamates (subject to hydrolysis) is 1. The predicted octanol–water partition coefficient (Wildman–Crippen LogP) is 2.13. The molecule has 23 heavy (non-hydrogen) atoms. The summed E-state index contributed by atoms with van der Waals surface area (Å²) in [5, 5.41) is 12.4. The second kappa shape index (κ2) is 6.41. The van der Waals surface area contributed by atoms with Gasteiger partial charge in [0.2, 0.25) is 0 Å². The zero-order chi connectivity index (χ0) is 17.2. The van der Waals surface area contributed by atoms with E-state index in [0.717, 1.165) is 0 Å². The lowest BCUT2D eigenvalue weighted by molar-refractivity contribution is -0.139. The first kappa shape index (κ1) is 17.0. The number of carbonyl (C=O) groups excluding carboxylic acids is 1. The van der Waals surface area contributed by atoms with E-state index in [-0.39, 0.29) is 11.6 Å². The van der Waals surface area contributed by atoms with Crippen LogP contribution >= 0.6 is 11.6 Å². The minimum atomic E-state index is -1.18. The number of fused-ring (bicyclic) bond motifs is 1. The summed E-state index contributed by atoms with van der Waals surface area (Å²) < 4.78 is 5.08. The Balaban J connectivity index is 2.19. The van der Waals surface area contributed by atoms with Gasteiger partial charge in [-0.05, 0) is 26.3 Å². The lowest BCUT2D eigenvalue weighted by Crippen LogP contribution is -2.44. The summed E-state index contributed by atoms with van der Waals surface area (Å²) in [6.45, 7) is 5.08. The second-order valence-corrected chi connectivity index (χ2v) is 6.30. The number of hydrogen-bond acceptors (Lipinski definition) is 5. The molecule has 0 saturated heterocycles. The van der Waals surface area contributed by atoms with Gasteiger partial charge in [-0.1, -0.05) is 11.6 Å². The average Bonchev–Trinajstić information content (AvgIpc) is 2.80. The van der Waals surface area contributed by atoms with Gasteiger partial charge in [-0.25, -0.2) is 19.6 Å². The number of hydrogen-bond donors (Lipinski definition) is 3. The molecule has 0 aliphatic heterocycles. The van der Waals surface area contributed by atoms with Gasteiger partial charge >= 0.3 is 12.1 Å². The first-order valence-electron chi connectivity index (χ1n) is 6.86. The van der Waals surface area contributed by atoms with E-state index in [2.05, 4.69) is 20.3 Å². The Kier molecular flexibility index (Phi) is 4.74. The van der Waals surface area contributed by atoms with E-state index >= 15 is 0 Å². The van der Waals surface area contributed by atoms with Crippen LogP contribution in [0, 0.1) is 0 Å². The van der Waals surface area contributed by atoms with Gasteiger partial charge in [0, 0.05) is 12.6 Å². The number of rotatable bonds is 4. The van der Waals surface area contributed by atoms with Gasteiger partial charge in [0.25, 0.3) is 0 Å². The van der Waals surface area contributed by atoms with Crippen LogP contribution in [-0.4, -0.2) is 43.8 Å². The first-order chi connectivity index (χ1) is 10.7. The Bertz CT molecular complexity index is 738. The third-order valence-corrected chi connectivity index (χ3v) is 3.20. The van der Waals surface area contributed by atoms with Gasteiger partial charge < -0.3 is 20.1 Å². The molecule has 0 aromatic carbocycles. The number of amides is 1. The number of carboxylic acids is 1. The van der Waals surface area contributed by atoms with E-state index in [1.807, 2.05) is 0 Å². The smallest absolute Gasteiger partial charge is 0.408 e. The number of aromatic nitrogens is 3. The Morgan fingerprint density at radius 3 is 2.74 bits per heavy atom. The van der Waals surface area contributed by atoms with Crippen molar-refractivity contribution in [3.63, 3.8) is 0 Å². The van der Waals surface area contributed by atoms with Crippen LogP contribution in [0.1, 0.15) is 26.3 Å². The highest BCUT2D eigenvalue weighted by atomic mass is 35.5. The third-order valence-electron chi connectivity index (χ3n) is 2.92. The van der Waals surface area contributed by atoms with Crippen molar-refractivity contribution < 1.29 is 19.4 Å². The van der Waals surface area contributed by atoms with Crippen molar-refractivity contribution >= 4 is 34.7 Å². The number of aromatic amines is 1. The van der Waals surface area contributed by atoms with Gasteiger partial charge in [0.05, 0.1) is 5.39 Å². The highest BCUT2D eigenvalue weighted by Crippen LogP contribution is 2.24. The zero-order valence-electron chi connectivity index (χ0n) is 12.9. The molecule has 2 heterocycles. The summed E-state index contributed by atoms with van der Waals surface area (Å²) in [5.74, 6) is -1.18. The number of halogens is 1. The summed E-state index contributed by atoms with van der Waals surface area (Å²) >= 11 is 6.03. The maximum atomic E-state index is 11.8. The van der Waals surface area contributed by atoms with Crippen LogP contribution in [0.2, 0.25) is 5.15 Å². The average molecular weight is 341 g/mol. The second-order valence-electron chi connectivity index (χ2n) is 5.94. The molecule has 2 aromatic heterocycles. The maximum Gasteiger partial charge on any atom is 0.408 e. The zero-order valence-corrected chi connectivity index (χ0v) is 13.6. The van der Waals surface area contributed by atoms with E-state index in [0.29, 0.717) is 16.6 Å². The van der Waals surface area contributed by atoms with E-state index in [9.17, 15) is 14.7 Å². The first-order valence-corrected chi connectivity index (χ1v) is 7.24. The molecule has 0 saturated carbocycles. The molecule has 0 unspecified atom stereocenters. The highest BCUT2D eigenvalue weighted by molar-refractivity contribution is 6.34. The number of ether oxygens (including phenoxy) is 1. The molecule has 3 N–H and O–H groups in total. The van der Waals surface area contributed by atoms with Crippen LogP contribution in [0.5, 0.6) is 0 Å². The molecule has 2 rings (SSSR count). The van der Waals surface area contributed by atoms with Crippen LogP contribution in [-0.2, 0) is 16.0 Å². The number of H-pyrrole nitrogens is 1. The normalized spacial score (nSPS) is 12.9. The minimum absolute atomic E-state index is 0.0155. The van der Waals surface area contributed by atoms with Gasteiger partial charge in [-0.15, -0.1) is 0 Å². The molecular weight excluding hydrogens is 324 g/mol. The van der Waals surface area contributed by atoms with Gasteiger partial charge in [-0.3, -0.25) is 0 Å². The monoisotopic (exact) mass is 340 g/mol. The summed E-state index contributed by atoms with van der Waals surface area (Å²) in [4.78, 5) is 34.0. The van der Waals surface area contributed by atoms with Crippen molar-refractivity contribution in [2.24, 2.45) is 0 Å². The molecule has 2 aromatic rings. The molecule has 9 heteroatoms. The molecule has 8 nitrogen and oxygen atoms in total. The molecule has 1 atom stereocenters. The highest BCUT2D eigenvalue weighted by Gasteiger charge is 2.25. The van der Waals surface area contributed by atoms with E-state index in [4.69, 9.17) is 16.3 Å². The maximum absolute atomic E-state index is 11.8. The molecule has 0 fully saturated rings. The predicted molar refractivity (Wildman–Crippen MR) is 83.4 cm³/mol. The summed E-state index contributed by atoms with van der Waals surface area (Å²) in [6, 6.07) is -1.17. The number of aliphatic carboxylic acids is 1. The standard InChI is InChI=1S/C14H17ClN4O4/c1-14(2,3)23-13(22)19-8(12(20)21)4-7-5-16-11-9(7)10(15)17-6-18-11/h5-6,8H,4H2,1-3H3,(H,19,22)(H,20,21)(H,16,17,18)/t8-/m1/s1. The Morgan fingerprint density at radius 2 is 2.13 bits per heavy atom. The van der Waals surface area contributed by atoms with Crippen molar-refractivity contribution in [2.45, 2.75) is 38.8 Å². The fraction of sp³-hybridized carbons (Fsp3) is 0.429. The molecule has 0 radical (unpaired) electrons. The van der Waals surface area contributed by atoms with Crippen LogP contribution in [0.15, 0.2) is 12.5 Å². The topological polar surface area (TPSA) is 117 Å². The largest absolute Gasteiger partial charge is 0.480 e. The van der Waals surface area contributed by atoms with Gasteiger partial charge in [0.1, 0.15) is 28.8 Å². The summed E-state index contributed by atoms with van der Waals surface area (Å²) in [6.07, 6.45) is 2.12. The minimum Gasteiger partial charge on any atom is -0.480 e. The lowest BCUT2D eigenvalue weighted by Gasteiger charge is -2.21. The molecule has 0 bridgehead atoms. The van der Waals surface area contributed by atoms with E-state index in [1.54, 1.807) is 27.0 Å². The van der Waals surface area contributed by atoms with Gasteiger partial charge in [-0.2, -0.15) is 0 Å². The number of nitrogens with one attached hydrogen (secondary N) is 2. The van der Waals surface area contributed by atoms with Crippen molar-refractivity contribution in [3.05, 3.63) is 23.2 Å². The molecular formula is C14H17ClN4O4. The van der Waals surface area contributed by atoms with Gasteiger partial charge in [0.15, 0.2) is 0 Å².